The van der Waals surface area contributed by atoms with Crippen LogP contribution in [0.25, 0.3) is 0 Å². The van der Waals surface area contributed by atoms with Gasteiger partial charge >= 0.3 is 0 Å². The fraction of sp³-hybridized carbons (Fsp3) is 0.538. The largest absolute Gasteiger partial charge is 0.490 e. The average molecular weight is 239 g/mol. The monoisotopic (exact) mass is 239 g/mol. The summed E-state index contributed by atoms with van der Waals surface area (Å²) in [6.45, 7) is 5.12. The van der Waals surface area contributed by atoms with Crippen molar-refractivity contribution in [3.05, 3.63) is 29.8 Å². The first-order chi connectivity index (χ1) is 8.09. The van der Waals surface area contributed by atoms with Gasteiger partial charge in [-0.25, -0.2) is 0 Å². The van der Waals surface area contributed by atoms with E-state index in [4.69, 9.17) is 9.84 Å². The summed E-state index contributed by atoms with van der Waals surface area (Å²) >= 11 is 0. The highest BCUT2D eigenvalue weighted by atomic mass is 16.5. The Morgan fingerprint density at radius 3 is 2.71 bits per heavy atom. The number of hydrogen-bond acceptors (Lipinski definition) is 4. The maximum absolute atomic E-state index is 10.0. The van der Waals surface area contributed by atoms with Crippen molar-refractivity contribution >= 4 is 0 Å². The first-order valence-electron chi connectivity index (χ1n) is 5.83. The van der Waals surface area contributed by atoms with Gasteiger partial charge in [0.05, 0.1) is 6.61 Å². The summed E-state index contributed by atoms with van der Waals surface area (Å²) in [6, 6.07) is 7.27. The van der Waals surface area contributed by atoms with Crippen LogP contribution in [-0.2, 0) is 6.61 Å². The number of hydrogen-bond donors (Lipinski definition) is 3. The van der Waals surface area contributed by atoms with Gasteiger partial charge in [0.15, 0.2) is 0 Å². The van der Waals surface area contributed by atoms with E-state index < -0.39 is 5.60 Å². The van der Waals surface area contributed by atoms with Crippen LogP contribution in [0.1, 0.15) is 19.4 Å². The molecule has 0 aliphatic heterocycles. The van der Waals surface area contributed by atoms with E-state index in [0.717, 1.165) is 12.1 Å². The normalized spacial score (nSPS) is 14.4. The van der Waals surface area contributed by atoms with Gasteiger partial charge in [0, 0.05) is 12.1 Å². The second-order valence-corrected chi connectivity index (χ2v) is 4.33. The molecule has 0 fully saturated rings. The molecule has 1 aromatic carbocycles. The van der Waals surface area contributed by atoms with E-state index in [9.17, 15) is 5.11 Å². The summed E-state index contributed by atoms with van der Waals surface area (Å²) in [5.41, 5.74) is -0.190. The zero-order valence-electron chi connectivity index (χ0n) is 10.4. The van der Waals surface area contributed by atoms with E-state index in [2.05, 4.69) is 5.32 Å². The minimum Gasteiger partial charge on any atom is -0.490 e. The maximum Gasteiger partial charge on any atom is 0.124 e. The first kappa shape index (κ1) is 14.0. The predicted molar refractivity (Wildman–Crippen MR) is 67.0 cm³/mol. The summed E-state index contributed by atoms with van der Waals surface area (Å²) in [4.78, 5) is 0. The van der Waals surface area contributed by atoms with Crippen LogP contribution in [0.15, 0.2) is 24.3 Å². The minimum atomic E-state index is -0.918. The molecule has 0 radical (unpaired) electrons. The van der Waals surface area contributed by atoms with Crippen LogP contribution < -0.4 is 10.1 Å². The van der Waals surface area contributed by atoms with Gasteiger partial charge in [0.25, 0.3) is 0 Å². The van der Waals surface area contributed by atoms with E-state index in [1.165, 1.54) is 0 Å². The van der Waals surface area contributed by atoms with Gasteiger partial charge < -0.3 is 20.3 Å². The second kappa shape index (κ2) is 6.59. The van der Waals surface area contributed by atoms with Crippen molar-refractivity contribution in [1.82, 2.24) is 5.32 Å². The summed E-state index contributed by atoms with van der Waals surface area (Å²) in [7, 11) is 0. The zero-order valence-corrected chi connectivity index (χ0v) is 10.4. The third-order valence-corrected chi connectivity index (χ3v) is 2.44. The number of rotatable bonds is 7. The van der Waals surface area contributed by atoms with Gasteiger partial charge in [0.1, 0.15) is 18.0 Å². The van der Waals surface area contributed by atoms with E-state index in [-0.39, 0.29) is 13.2 Å². The lowest BCUT2D eigenvalue weighted by Crippen LogP contribution is -2.42. The SMILES string of the molecule is CCNCC(C)(O)COc1ccccc1CO. The van der Waals surface area contributed by atoms with Crippen LogP contribution in [0.3, 0.4) is 0 Å². The molecule has 1 unspecified atom stereocenters. The summed E-state index contributed by atoms with van der Waals surface area (Å²) in [5, 5.41) is 22.2. The summed E-state index contributed by atoms with van der Waals surface area (Å²) in [6.07, 6.45) is 0. The van der Waals surface area contributed by atoms with Crippen molar-refractivity contribution in [3.8, 4) is 5.75 Å². The number of para-hydroxylation sites is 1. The molecule has 0 spiro atoms. The van der Waals surface area contributed by atoms with Crippen molar-refractivity contribution in [3.63, 3.8) is 0 Å². The Morgan fingerprint density at radius 1 is 1.35 bits per heavy atom. The second-order valence-electron chi connectivity index (χ2n) is 4.33. The van der Waals surface area contributed by atoms with Gasteiger partial charge in [-0.3, -0.25) is 0 Å². The molecule has 3 N–H and O–H groups in total. The number of aliphatic hydroxyl groups is 2. The van der Waals surface area contributed by atoms with E-state index >= 15 is 0 Å². The highest BCUT2D eigenvalue weighted by molar-refractivity contribution is 5.32. The molecule has 4 heteroatoms. The van der Waals surface area contributed by atoms with Crippen molar-refractivity contribution in [2.75, 3.05) is 19.7 Å². The molecule has 1 aromatic rings. The lowest BCUT2D eigenvalue weighted by atomic mass is 10.1. The van der Waals surface area contributed by atoms with Crippen LogP contribution >= 0.6 is 0 Å². The Bertz CT molecular complexity index is 339. The first-order valence-corrected chi connectivity index (χ1v) is 5.83. The molecule has 0 saturated heterocycles. The van der Waals surface area contributed by atoms with Crippen molar-refractivity contribution in [2.45, 2.75) is 26.1 Å². The molecule has 0 bridgehead atoms. The fourth-order valence-electron chi connectivity index (χ4n) is 1.45. The molecule has 1 rings (SSSR count). The Morgan fingerprint density at radius 2 is 2.06 bits per heavy atom. The fourth-order valence-corrected chi connectivity index (χ4v) is 1.45. The van der Waals surface area contributed by atoms with Gasteiger partial charge in [-0.2, -0.15) is 0 Å². The predicted octanol–water partition coefficient (Wildman–Crippen LogP) is 0.918. The van der Waals surface area contributed by atoms with Crippen LogP contribution in [0.2, 0.25) is 0 Å². The van der Waals surface area contributed by atoms with E-state index in [0.29, 0.717) is 12.3 Å². The smallest absolute Gasteiger partial charge is 0.124 e. The average Bonchev–Trinajstić information content (AvgIpc) is 2.34. The molecular weight excluding hydrogens is 218 g/mol. The van der Waals surface area contributed by atoms with Gasteiger partial charge in [-0.15, -0.1) is 0 Å². The van der Waals surface area contributed by atoms with E-state index in [1.807, 2.05) is 19.1 Å². The topological polar surface area (TPSA) is 61.7 Å². The van der Waals surface area contributed by atoms with Crippen LogP contribution in [-0.4, -0.2) is 35.5 Å². The van der Waals surface area contributed by atoms with Gasteiger partial charge in [0.2, 0.25) is 0 Å². The van der Waals surface area contributed by atoms with Crippen LogP contribution in [0.5, 0.6) is 5.75 Å². The number of benzene rings is 1. The number of ether oxygens (including phenoxy) is 1. The molecular formula is C13H21NO3. The van der Waals surface area contributed by atoms with E-state index in [1.54, 1.807) is 19.1 Å². The molecule has 0 aliphatic rings. The highest BCUT2D eigenvalue weighted by Crippen LogP contribution is 2.19. The molecule has 17 heavy (non-hydrogen) atoms. The third-order valence-electron chi connectivity index (χ3n) is 2.44. The molecule has 0 saturated carbocycles. The van der Waals surface area contributed by atoms with Crippen LogP contribution in [0, 0.1) is 0 Å². The van der Waals surface area contributed by atoms with Gasteiger partial charge in [-0.05, 0) is 19.5 Å². The van der Waals surface area contributed by atoms with Crippen molar-refractivity contribution in [1.29, 1.82) is 0 Å². The Labute approximate surface area is 102 Å². The van der Waals surface area contributed by atoms with Crippen molar-refractivity contribution in [2.24, 2.45) is 0 Å². The van der Waals surface area contributed by atoms with Crippen molar-refractivity contribution < 1.29 is 14.9 Å². The lowest BCUT2D eigenvalue weighted by molar-refractivity contribution is 0.0121. The lowest BCUT2D eigenvalue weighted by Gasteiger charge is -2.24. The van der Waals surface area contributed by atoms with Gasteiger partial charge in [-0.1, -0.05) is 25.1 Å². The number of nitrogens with one attached hydrogen (secondary N) is 1. The number of likely N-dealkylation sites (N-methyl/N-ethyl adjacent to an activating group) is 1. The molecule has 0 heterocycles. The van der Waals surface area contributed by atoms with Crippen LogP contribution in [0.4, 0.5) is 0 Å². The molecule has 1 atom stereocenters. The minimum absolute atomic E-state index is 0.0640. The summed E-state index contributed by atoms with van der Waals surface area (Å²) < 4.78 is 5.54. The zero-order chi connectivity index (χ0) is 12.7. The quantitative estimate of drug-likeness (QED) is 0.662. The molecule has 96 valence electrons. The maximum atomic E-state index is 10.0. The Kier molecular flexibility index (Phi) is 5.41. The molecule has 0 aromatic heterocycles. The highest BCUT2D eigenvalue weighted by Gasteiger charge is 2.21. The Hall–Kier alpha value is -1.10. The molecule has 0 aliphatic carbocycles. The Balaban J connectivity index is 2.54. The standard InChI is InChI=1S/C13H21NO3/c1-3-14-9-13(2,16)10-17-12-7-5-4-6-11(12)8-15/h4-7,14-16H,3,8-10H2,1-2H3. The number of aliphatic hydroxyl groups excluding tert-OH is 1. The third kappa shape index (κ3) is 4.73. The molecule has 4 nitrogen and oxygen atoms in total. The molecule has 0 amide bonds. The summed E-state index contributed by atoms with van der Waals surface area (Å²) in [5.74, 6) is 0.617.